The molecule has 2 fully saturated rings. The first-order valence-corrected chi connectivity index (χ1v) is 15.4. The lowest BCUT2D eigenvalue weighted by molar-refractivity contribution is 0.0113. The zero-order valence-corrected chi connectivity index (χ0v) is 25.4. The summed E-state index contributed by atoms with van der Waals surface area (Å²) in [6.45, 7) is 4.71. The molecule has 0 atom stereocenters. The second kappa shape index (κ2) is 10.2. The van der Waals surface area contributed by atoms with Gasteiger partial charge in [0.05, 0.1) is 22.0 Å². The maximum Gasteiger partial charge on any atom is 0.276 e. The number of thiazole rings is 1. The van der Waals surface area contributed by atoms with Crippen molar-refractivity contribution in [1.29, 1.82) is 0 Å². The van der Waals surface area contributed by atoms with Crippen molar-refractivity contribution in [3.63, 3.8) is 0 Å². The van der Waals surface area contributed by atoms with Crippen LogP contribution < -0.4 is 4.72 Å². The molecular weight excluding hydrogens is 645 g/mol. The first kappa shape index (κ1) is 31.7. The predicted molar refractivity (Wildman–Crippen MR) is 144 cm³/mol. The molecule has 0 radical (unpaired) electrons. The number of alkyl halides is 4. The number of benzene rings is 1. The first-order valence-electron chi connectivity index (χ1n) is 12.8. The molecule has 43 heavy (non-hydrogen) atoms. The number of nitrogens with one attached hydrogen (secondary N) is 1. The van der Waals surface area contributed by atoms with Gasteiger partial charge in [0.15, 0.2) is 10.8 Å². The van der Waals surface area contributed by atoms with Crippen molar-refractivity contribution in [2.24, 2.45) is 0 Å². The van der Waals surface area contributed by atoms with Gasteiger partial charge < -0.3 is 14.4 Å². The second-order valence-electron chi connectivity index (χ2n) is 11.7. The quantitative estimate of drug-likeness (QED) is 0.312. The minimum atomic E-state index is -4.79. The van der Waals surface area contributed by atoms with Gasteiger partial charge in [-0.05, 0) is 46.6 Å². The van der Waals surface area contributed by atoms with Gasteiger partial charge in [0.2, 0.25) is 15.9 Å². The number of aromatic nitrogens is 3. The second-order valence-corrected chi connectivity index (χ2v) is 14.7. The summed E-state index contributed by atoms with van der Waals surface area (Å²) < 4.78 is 104. The third-order valence-corrected chi connectivity index (χ3v) is 10.2. The van der Waals surface area contributed by atoms with Gasteiger partial charge in [-0.3, -0.25) is 4.79 Å². The number of carbonyl (C=O) groups is 1. The Kier molecular flexibility index (Phi) is 7.48. The number of likely N-dealkylation sites (tertiary alicyclic amines) is 1. The standard InChI is InChI=1S/C25H25ClF5N5O5S2/c1-22(2)9-25(30,31)10-36(22)19(37)15-16(42-18(32-15)17-33-34-21(41-17)23(3,4)38)11-5-6-12(14(27)13(11)26)43(39,40)35-24(7-8-24)20(28)29/h5-6,20,35,38H,7-10H2,1-4H3. The number of sulfonamides is 1. The van der Waals surface area contributed by atoms with Crippen molar-refractivity contribution >= 4 is 38.9 Å². The highest BCUT2D eigenvalue weighted by Crippen LogP contribution is 2.46. The van der Waals surface area contributed by atoms with E-state index >= 15 is 4.39 Å². The van der Waals surface area contributed by atoms with E-state index in [-0.39, 0.29) is 40.1 Å². The summed E-state index contributed by atoms with van der Waals surface area (Å²) in [4.78, 5) is 17.7. The van der Waals surface area contributed by atoms with Gasteiger partial charge in [0.25, 0.3) is 24.1 Å². The summed E-state index contributed by atoms with van der Waals surface area (Å²) in [5.74, 6) is -6.09. The summed E-state index contributed by atoms with van der Waals surface area (Å²) in [6.07, 6.45) is -3.92. The molecule has 1 aliphatic carbocycles. The highest BCUT2D eigenvalue weighted by atomic mass is 35.5. The van der Waals surface area contributed by atoms with E-state index in [0.717, 1.165) is 17.0 Å². The summed E-state index contributed by atoms with van der Waals surface area (Å²) in [6, 6.07) is 1.84. The van der Waals surface area contributed by atoms with Crippen LogP contribution in [-0.2, 0) is 15.6 Å². The molecule has 2 N–H and O–H groups in total. The molecule has 3 aromatic rings. The van der Waals surface area contributed by atoms with Crippen molar-refractivity contribution < 1.29 is 44.7 Å². The van der Waals surface area contributed by atoms with Crippen LogP contribution >= 0.6 is 22.9 Å². The van der Waals surface area contributed by atoms with Gasteiger partial charge in [-0.1, -0.05) is 17.7 Å². The molecule has 2 aliphatic rings. The monoisotopic (exact) mass is 669 g/mol. The number of aliphatic hydroxyl groups is 1. The molecule has 234 valence electrons. The third kappa shape index (κ3) is 5.77. The van der Waals surface area contributed by atoms with E-state index in [1.165, 1.54) is 27.7 Å². The Balaban J connectivity index is 1.62. The fourth-order valence-corrected chi connectivity index (χ4v) is 7.64. The number of hydrogen-bond donors (Lipinski definition) is 2. The number of hydrogen-bond acceptors (Lipinski definition) is 9. The summed E-state index contributed by atoms with van der Waals surface area (Å²) >= 11 is 6.98. The molecule has 1 saturated carbocycles. The molecule has 1 amide bonds. The topological polar surface area (TPSA) is 139 Å². The van der Waals surface area contributed by atoms with Crippen LogP contribution in [0.3, 0.4) is 0 Å². The summed E-state index contributed by atoms with van der Waals surface area (Å²) in [5, 5.41) is 16.9. The van der Waals surface area contributed by atoms with Crippen LogP contribution in [0, 0.1) is 5.82 Å². The van der Waals surface area contributed by atoms with Crippen LogP contribution in [0.1, 0.15) is 63.3 Å². The average molecular weight is 670 g/mol. The normalized spacial score (nSPS) is 19.3. The summed E-state index contributed by atoms with van der Waals surface area (Å²) in [7, 11) is -4.79. The van der Waals surface area contributed by atoms with Crippen LogP contribution in [0.2, 0.25) is 5.02 Å². The van der Waals surface area contributed by atoms with E-state index in [0.29, 0.717) is 11.3 Å². The lowest BCUT2D eigenvalue weighted by atomic mass is 10.0. The van der Waals surface area contributed by atoms with Gasteiger partial charge in [-0.15, -0.1) is 21.5 Å². The summed E-state index contributed by atoms with van der Waals surface area (Å²) in [5.41, 5.74) is -5.51. The van der Waals surface area contributed by atoms with E-state index in [1.807, 2.05) is 4.72 Å². The number of amides is 1. The predicted octanol–water partition coefficient (Wildman–Crippen LogP) is 5.22. The third-order valence-electron chi connectivity index (χ3n) is 7.14. The van der Waals surface area contributed by atoms with E-state index in [9.17, 15) is 35.9 Å². The molecule has 1 aliphatic heterocycles. The molecular formula is C25H25ClF5N5O5S2. The van der Waals surface area contributed by atoms with Crippen LogP contribution in [0.25, 0.3) is 21.3 Å². The molecule has 2 aromatic heterocycles. The van der Waals surface area contributed by atoms with Gasteiger partial charge in [-0.2, -0.15) is 4.72 Å². The lowest BCUT2D eigenvalue weighted by Gasteiger charge is -2.30. The van der Waals surface area contributed by atoms with Crippen LogP contribution in [0.5, 0.6) is 0 Å². The molecule has 5 rings (SSSR count). The highest BCUT2D eigenvalue weighted by molar-refractivity contribution is 7.89. The molecule has 0 spiro atoms. The number of halogens is 6. The van der Waals surface area contributed by atoms with Crippen molar-refractivity contribution in [2.75, 3.05) is 6.54 Å². The Labute approximate surface area is 251 Å². The van der Waals surface area contributed by atoms with Crippen LogP contribution in [-0.4, -0.2) is 69.5 Å². The Bertz CT molecular complexity index is 1720. The number of carbonyl (C=O) groups excluding carboxylic acids is 1. The van der Waals surface area contributed by atoms with Gasteiger partial charge >= 0.3 is 0 Å². The van der Waals surface area contributed by atoms with E-state index in [4.69, 9.17) is 16.0 Å². The maximum absolute atomic E-state index is 15.5. The van der Waals surface area contributed by atoms with Gasteiger partial charge in [-0.25, -0.2) is 35.4 Å². The Morgan fingerprint density at radius 2 is 1.88 bits per heavy atom. The lowest BCUT2D eigenvalue weighted by Crippen LogP contribution is -2.43. The molecule has 3 heterocycles. The molecule has 10 nitrogen and oxygen atoms in total. The first-order chi connectivity index (χ1) is 19.7. The van der Waals surface area contributed by atoms with Crippen molar-refractivity contribution in [2.45, 2.75) is 80.9 Å². The Morgan fingerprint density at radius 1 is 1.23 bits per heavy atom. The van der Waals surface area contributed by atoms with Crippen molar-refractivity contribution in [3.05, 3.63) is 34.6 Å². The van der Waals surface area contributed by atoms with Crippen LogP contribution in [0.15, 0.2) is 21.4 Å². The Morgan fingerprint density at radius 3 is 2.40 bits per heavy atom. The molecule has 1 saturated heterocycles. The fourth-order valence-electron chi connectivity index (χ4n) is 4.74. The SMILES string of the molecule is CC(C)(O)c1nnc(-c2nc(C(=O)N3CC(F)(F)CC3(C)C)c(-c3ccc(S(=O)(=O)NC4(C(F)F)CC4)c(F)c3Cl)s2)o1. The van der Waals surface area contributed by atoms with Crippen LogP contribution in [0.4, 0.5) is 22.0 Å². The average Bonchev–Trinajstić information content (AvgIpc) is 3.21. The molecule has 1 aromatic carbocycles. The molecule has 0 bridgehead atoms. The van der Waals surface area contributed by atoms with Gasteiger partial charge in [0.1, 0.15) is 16.2 Å². The van der Waals surface area contributed by atoms with E-state index < -0.39 is 79.4 Å². The Hall–Kier alpha value is -2.73. The number of nitrogens with zero attached hydrogens (tertiary/aromatic N) is 4. The minimum Gasteiger partial charge on any atom is -0.415 e. The zero-order chi connectivity index (χ0) is 31.9. The van der Waals surface area contributed by atoms with E-state index in [1.54, 1.807) is 0 Å². The van der Waals surface area contributed by atoms with E-state index in [2.05, 4.69) is 15.2 Å². The number of rotatable bonds is 8. The van der Waals surface area contributed by atoms with Crippen molar-refractivity contribution in [3.8, 4) is 21.3 Å². The minimum absolute atomic E-state index is 0.104. The smallest absolute Gasteiger partial charge is 0.276 e. The highest BCUT2D eigenvalue weighted by Gasteiger charge is 2.54. The fraction of sp³-hybridized carbons (Fsp3) is 0.520. The maximum atomic E-state index is 15.5. The molecule has 0 unspecified atom stereocenters. The molecule has 18 heteroatoms. The van der Waals surface area contributed by atoms with Crippen molar-refractivity contribution in [1.82, 2.24) is 24.8 Å². The largest absolute Gasteiger partial charge is 0.415 e. The zero-order valence-electron chi connectivity index (χ0n) is 23.0. The van der Waals surface area contributed by atoms with Gasteiger partial charge in [0, 0.05) is 17.5 Å².